The van der Waals surface area contributed by atoms with Crippen LogP contribution < -0.4 is 10.7 Å². The fourth-order valence-corrected chi connectivity index (χ4v) is 3.77. The number of morpholine rings is 1. The first kappa shape index (κ1) is 16.1. The highest BCUT2D eigenvalue weighted by atomic mass is 32.1. The van der Waals surface area contributed by atoms with Gasteiger partial charge in [-0.15, -0.1) is 11.3 Å². The Kier molecular flexibility index (Phi) is 5.06. The largest absolute Gasteiger partial charge is 0.376 e. The lowest BCUT2D eigenvalue weighted by atomic mass is 10.1. The average Bonchev–Trinajstić information content (AvgIpc) is 2.56. The number of fused-ring (bicyclic) bond motifs is 2. The van der Waals surface area contributed by atoms with Gasteiger partial charge in [0, 0.05) is 33.3 Å². The SMILES string of the molecule is CC1CNCCO1.Cc1ccc2c(=O)c3ccccc3sc2c1. The second kappa shape index (κ2) is 7.21. The number of rotatable bonds is 0. The molecule has 1 atom stereocenters. The second-order valence-corrected chi connectivity index (χ2v) is 6.90. The van der Waals surface area contributed by atoms with E-state index in [4.69, 9.17) is 4.74 Å². The quantitative estimate of drug-likeness (QED) is 0.640. The lowest BCUT2D eigenvalue weighted by Gasteiger charge is -2.18. The molecule has 2 heterocycles. The number of ether oxygens (including phenoxy) is 1. The Balaban J connectivity index is 0.000000188. The Morgan fingerprint density at radius 2 is 1.91 bits per heavy atom. The molecule has 1 aliphatic heterocycles. The van der Waals surface area contributed by atoms with Crippen LogP contribution in [0.15, 0.2) is 47.3 Å². The molecular formula is C19H21NO2S. The highest BCUT2D eigenvalue weighted by Crippen LogP contribution is 2.24. The molecule has 1 aromatic heterocycles. The minimum atomic E-state index is 0.143. The van der Waals surface area contributed by atoms with Gasteiger partial charge in [-0.3, -0.25) is 4.79 Å². The molecule has 0 aliphatic carbocycles. The third kappa shape index (κ3) is 3.78. The van der Waals surface area contributed by atoms with Gasteiger partial charge in [0.05, 0.1) is 12.7 Å². The zero-order valence-corrected chi connectivity index (χ0v) is 14.3. The molecule has 3 nitrogen and oxygen atoms in total. The van der Waals surface area contributed by atoms with Crippen LogP contribution in [0.5, 0.6) is 0 Å². The Morgan fingerprint density at radius 3 is 2.61 bits per heavy atom. The van der Waals surface area contributed by atoms with Crippen molar-refractivity contribution in [3.63, 3.8) is 0 Å². The molecule has 1 N–H and O–H groups in total. The van der Waals surface area contributed by atoms with E-state index in [1.807, 2.05) is 43.3 Å². The average molecular weight is 327 g/mol. The van der Waals surface area contributed by atoms with Gasteiger partial charge in [-0.25, -0.2) is 0 Å². The summed E-state index contributed by atoms with van der Waals surface area (Å²) < 4.78 is 7.35. The van der Waals surface area contributed by atoms with Crippen molar-refractivity contribution in [2.75, 3.05) is 19.7 Å². The van der Waals surface area contributed by atoms with Gasteiger partial charge >= 0.3 is 0 Å². The zero-order valence-electron chi connectivity index (χ0n) is 13.5. The summed E-state index contributed by atoms with van der Waals surface area (Å²) in [6, 6.07) is 13.8. The molecule has 3 aromatic rings. The summed E-state index contributed by atoms with van der Waals surface area (Å²) in [6.07, 6.45) is 0.425. The molecular weight excluding hydrogens is 306 g/mol. The lowest BCUT2D eigenvalue weighted by Crippen LogP contribution is -2.36. The normalized spacial score (nSPS) is 17.7. The minimum Gasteiger partial charge on any atom is -0.376 e. The molecule has 0 amide bonds. The molecule has 1 unspecified atom stereocenters. The van der Waals surface area contributed by atoms with Crippen LogP contribution in [0, 0.1) is 6.92 Å². The van der Waals surface area contributed by atoms with Gasteiger partial charge in [-0.05, 0) is 43.7 Å². The number of benzene rings is 2. The smallest absolute Gasteiger partial charge is 0.195 e. The maximum Gasteiger partial charge on any atom is 0.195 e. The Bertz CT molecular complexity index is 866. The standard InChI is InChI=1S/C14H10OS.C5H11NO/c1-9-6-7-11-13(8-9)16-12-5-3-2-4-10(12)14(11)15;1-5-4-6-2-3-7-5/h2-8H,1H3;5-6H,2-4H2,1H3. The second-order valence-electron chi connectivity index (χ2n) is 5.81. The summed E-state index contributed by atoms with van der Waals surface area (Å²) in [4.78, 5) is 12.2. The Hall–Kier alpha value is -1.75. The highest BCUT2D eigenvalue weighted by Gasteiger charge is 2.05. The van der Waals surface area contributed by atoms with E-state index in [0.29, 0.717) is 6.10 Å². The zero-order chi connectivity index (χ0) is 16.2. The molecule has 0 saturated carbocycles. The minimum absolute atomic E-state index is 0.143. The van der Waals surface area contributed by atoms with Crippen molar-refractivity contribution in [2.45, 2.75) is 20.0 Å². The topological polar surface area (TPSA) is 38.3 Å². The lowest BCUT2D eigenvalue weighted by molar-refractivity contribution is 0.0410. The van der Waals surface area contributed by atoms with Crippen LogP contribution in [0.1, 0.15) is 12.5 Å². The van der Waals surface area contributed by atoms with E-state index < -0.39 is 0 Å². The molecule has 1 saturated heterocycles. The maximum absolute atomic E-state index is 12.2. The predicted octanol–water partition coefficient (Wildman–Crippen LogP) is 3.72. The molecule has 0 bridgehead atoms. The van der Waals surface area contributed by atoms with E-state index in [0.717, 1.165) is 39.9 Å². The van der Waals surface area contributed by atoms with E-state index in [1.165, 1.54) is 5.56 Å². The third-order valence-electron chi connectivity index (χ3n) is 3.85. The molecule has 4 rings (SSSR count). The number of aryl methyl sites for hydroxylation is 1. The first-order valence-corrected chi connectivity index (χ1v) is 8.71. The first-order chi connectivity index (χ1) is 11.1. The summed E-state index contributed by atoms with van der Waals surface area (Å²) in [7, 11) is 0. The van der Waals surface area contributed by atoms with Crippen molar-refractivity contribution >= 4 is 31.5 Å². The van der Waals surface area contributed by atoms with Gasteiger partial charge in [0.2, 0.25) is 0 Å². The molecule has 0 spiro atoms. The fraction of sp³-hybridized carbons (Fsp3) is 0.316. The van der Waals surface area contributed by atoms with Crippen molar-refractivity contribution in [2.24, 2.45) is 0 Å². The van der Waals surface area contributed by atoms with Gasteiger partial charge in [0.25, 0.3) is 0 Å². The van der Waals surface area contributed by atoms with Crippen LogP contribution in [0.3, 0.4) is 0 Å². The van der Waals surface area contributed by atoms with Crippen LogP contribution in [-0.4, -0.2) is 25.8 Å². The van der Waals surface area contributed by atoms with Crippen LogP contribution in [-0.2, 0) is 4.74 Å². The molecule has 2 aromatic carbocycles. The molecule has 120 valence electrons. The number of hydrogen-bond donors (Lipinski definition) is 1. The molecule has 0 radical (unpaired) electrons. The fourth-order valence-electron chi connectivity index (χ4n) is 2.60. The maximum atomic E-state index is 12.2. The monoisotopic (exact) mass is 327 g/mol. The van der Waals surface area contributed by atoms with Crippen molar-refractivity contribution in [1.82, 2.24) is 5.32 Å². The summed E-state index contributed by atoms with van der Waals surface area (Å²) in [5.74, 6) is 0. The van der Waals surface area contributed by atoms with Crippen LogP contribution in [0.25, 0.3) is 20.2 Å². The molecule has 1 fully saturated rings. The Labute approximate surface area is 139 Å². The van der Waals surface area contributed by atoms with Crippen LogP contribution in [0.4, 0.5) is 0 Å². The predicted molar refractivity (Wildman–Crippen MR) is 98.6 cm³/mol. The Morgan fingerprint density at radius 1 is 1.13 bits per heavy atom. The van der Waals surface area contributed by atoms with Gasteiger partial charge in [0.15, 0.2) is 5.43 Å². The third-order valence-corrected chi connectivity index (χ3v) is 4.98. The summed E-state index contributed by atoms with van der Waals surface area (Å²) >= 11 is 1.68. The van der Waals surface area contributed by atoms with Crippen molar-refractivity contribution in [3.05, 3.63) is 58.3 Å². The van der Waals surface area contributed by atoms with Crippen LogP contribution in [0.2, 0.25) is 0 Å². The van der Waals surface area contributed by atoms with Crippen molar-refractivity contribution in [3.8, 4) is 0 Å². The van der Waals surface area contributed by atoms with Crippen molar-refractivity contribution in [1.29, 1.82) is 0 Å². The van der Waals surface area contributed by atoms with Crippen molar-refractivity contribution < 1.29 is 4.74 Å². The summed E-state index contributed by atoms with van der Waals surface area (Å²) in [6.45, 7) is 7.03. The highest BCUT2D eigenvalue weighted by molar-refractivity contribution is 7.24. The van der Waals surface area contributed by atoms with Gasteiger partial charge in [0.1, 0.15) is 0 Å². The number of hydrogen-bond acceptors (Lipinski definition) is 4. The number of nitrogens with one attached hydrogen (secondary N) is 1. The molecule has 4 heteroatoms. The summed E-state index contributed by atoms with van der Waals surface area (Å²) in [5.41, 5.74) is 1.34. The first-order valence-electron chi connectivity index (χ1n) is 7.89. The van der Waals surface area contributed by atoms with E-state index in [2.05, 4.69) is 18.3 Å². The van der Waals surface area contributed by atoms with E-state index >= 15 is 0 Å². The van der Waals surface area contributed by atoms with E-state index in [-0.39, 0.29) is 5.43 Å². The van der Waals surface area contributed by atoms with E-state index in [1.54, 1.807) is 11.3 Å². The van der Waals surface area contributed by atoms with E-state index in [9.17, 15) is 4.79 Å². The molecule has 1 aliphatic rings. The van der Waals surface area contributed by atoms with Gasteiger partial charge in [-0.2, -0.15) is 0 Å². The van der Waals surface area contributed by atoms with Gasteiger partial charge in [-0.1, -0.05) is 18.2 Å². The molecule has 23 heavy (non-hydrogen) atoms. The van der Waals surface area contributed by atoms with Crippen LogP contribution >= 0.6 is 11.3 Å². The summed E-state index contributed by atoms with van der Waals surface area (Å²) in [5, 5.41) is 4.86. The van der Waals surface area contributed by atoms with Gasteiger partial charge < -0.3 is 10.1 Å².